The van der Waals surface area contributed by atoms with E-state index in [-0.39, 0.29) is 24.0 Å². The van der Waals surface area contributed by atoms with Crippen molar-refractivity contribution in [3.05, 3.63) is 52.5 Å². The zero-order chi connectivity index (χ0) is 19.3. The number of carbonyl (C=O) groups excluding carboxylic acids is 1. The zero-order valence-corrected chi connectivity index (χ0v) is 15.5. The predicted molar refractivity (Wildman–Crippen MR) is 99.5 cm³/mol. The topological polar surface area (TPSA) is 84.9 Å². The summed E-state index contributed by atoms with van der Waals surface area (Å²) in [5.41, 5.74) is 0.972. The number of anilines is 1. The Labute approximate surface area is 156 Å². The maximum Gasteiger partial charge on any atom is 0.335 e. The van der Waals surface area contributed by atoms with E-state index >= 15 is 0 Å². The van der Waals surface area contributed by atoms with E-state index in [0.717, 1.165) is 0 Å². The lowest BCUT2D eigenvalue weighted by atomic mass is 10.1. The van der Waals surface area contributed by atoms with E-state index in [1.165, 1.54) is 25.3 Å². The minimum absolute atomic E-state index is 0.0160. The number of carbonyl (C=O) groups is 2. The van der Waals surface area contributed by atoms with E-state index in [1.807, 2.05) is 13.8 Å². The average Bonchev–Trinajstić information content (AvgIpc) is 2.56. The molecule has 0 aromatic heterocycles. The lowest BCUT2D eigenvalue weighted by Gasteiger charge is -2.16. The Morgan fingerprint density at radius 2 is 1.85 bits per heavy atom. The van der Waals surface area contributed by atoms with Gasteiger partial charge in [0, 0.05) is 10.6 Å². The van der Waals surface area contributed by atoms with Gasteiger partial charge in [-0.3, -0.25) is 4.79 Å². The number of carboxylic acids is 1. The van der Waals surface area contributed by atoms with Crippen LogP contribution in [0.5, 0.6) is 11.5 Å². The normalized spacial score (nSPS) is 10.5. The second-order valence-corrected chi connectivity index (χ2v) is 6.30. The molecule has 2 aromatic rings. The van der Waals surface area contributed by atoms with Gasteiger partial charge in [0.2, 0.25) is 5.91 Å². The van der Waals surface area contributed by atoms with Crippen molar-refractivity contribution in [1.29, 1.82) is 0 Å². The summed E-state index contributed by atoms with van der Waals surface area (Å²) >= 11 is 5.98. The third kappa shape index (κ3) is 5.13. The van der Waals surface area contributed by atoms with Crippen molar-refractivity contribution in [1.82, 2.24) is 0 Å². The molecular formula is C19H20ClNO5. The molecule has 138 valence electrons. The van der Waals surface area contributed by atoms with Crippen molar-refractivity contribution < 1.29 is 24.2 Å². The Hall–Kier alpha value is -2.73. The Morgan fingerprint density at radius 1 is 1.15 bits per heavy atom. The van der Waals surface area contributed by atoms with Crippen LogP contribution < -0.4 is 14.8 Å². The molecule has 0 unspecified atom stereocenters. The Balaban J connectivity index is 2.26. The van der Waals surface area contributed by atoms with Gasteiger partial charge in [0.05, 0.1) is 30.9 Å². The van der Waals surface area contributed by atoms with E-state index in [9.17, 15) is 9.59 Å². The number of rotatable bonds is 7. The second-order valence-electron chi connectivity index (χ2n) is 5.86. The highest BCUT2D eigenvalue weighted by Gasteiger charge is 2.15. The minimum Gasteiger partial charge on any atom is -0.496 e. The third-order valence-corrected chi connectivity index (χ3v) is 3.69. The molecule has 0 heterocycles. The summed E-state index contributed by atoms with van der Waals surface area (Å²) in [6.07, 6.45) is -0.114. The van der Waals surface area contributed by atoms with Crippen LogP contribution in [0.3, 0.4) is 0 Å². The van der Waals surface area contributed by atoms with Crippen LogP contribution >= 0.6 is 11.6 Å². The molecule has 0 aliphatic heterocycles. The SMILES string of the molecule is COc1ccc(Cl)cc1CC(=O)Nc1cc(C(=O)O)ccc1OC(C)C. The first-order valence-corrected chi connectivity index (χ1v) is 8.34. The number of hydrogen-bond acceptors (Lipinski definition) is 4. The summed E-state index contributed by atoms with van der Waals surface area (Å²) in [4.78, 5) is 23.7. The molecule has 26 heavy (non-hydrogen) atoms. The van der Waals surface area contributed by atoms with Gasteiger partial charge in [-0.05, 0) is 50.2 Å². The summed E-state index contributed by atoms with van der Waals surface area (Å²) in [7, 11) is 1.51. The molecule has 2 N–H and O–H groups in total. The first kappa shape index (κ1) is 19.6. The maximum atomic E-state index is 12.5. The van der Waals surface area contributed by atoms with Gasteiger partial charge in [0.1, 0.15) is 11.5 Å². The number of ether oxygens (including phenoxy) is 2. The highest BCUT2D eigenvalue weighted by Crippen LogP contribution is 2.28. The fraction of sp³-hybridized carbons (Fsp3) is 0.263. The predicted octanol–water partition coefficient (Wildman–Crippen LogP) is 4.02. The van der Waals surface area contributed by atoms with E-state index in [2.05, 4.69) is 5.32 Å². The molecule has 0 aliphatic rings. The van der Waals surface area contributed by atoms with Gasteiger partial charge < -0.3 is 19.9 Å². The summed E-state index contributed by atoms with van der Waals surface area (Å²) in [6.45, 7) is 3.68. The standard InChI is InChI=1S/C19H20ClNO5/c1-11(2)26-17-6-4-12(19(23)24)9-15(17)21-18(22)10-13-8-14(20)5-7-16(13)25-3/h4-9,11H,10H2,1-3H3,(H,21,22)(H,23,24). The monoisotopic (exact) mass is 377 g/mol. The molecule has 0 saturated heterocycles. The lowest BCUT2D eigenvalue weighted by molar-refractivity contribution is -0.115. The van der Waals surface area contributed by atoms with Crippen LogP contribution in [0, 0.1) is 0 Å². The molecule has 0 atom stereocenters. The number of halogens is 1. The number of benzene rings is 2. The van der Waals surface area contributed by atoms with Gasteiger partial charge in [-0.15, -0.1) is 0 Å². The number of amides is 1. The fourth-order valence-electron chi connectivity index (χ4n) is 2.37. The summed E-state index contributed by atoms with van der Waals surface area (Å²) in [5.74, 6) is -0.492. The van der Waals surface area contributed by atoms with E-state index < -0.39 is 5.97 Å². The molecule has 2 rings (SSSR count). The minimum atomic E-state index is -1.09. The summed E-state index contributed by atoms with van der Waals surface area (Å²) in [6, 6.07) is 9.33. The first-order chi connectivity index (χ1) is 12.3. The second kappa shape index (κ2) is 8.58. The molecular weight excluding hydrogens is 358 g/mol. The van der Waals surface area contributed by atoms with E-state index in [1.54, 1.807) is 18.2 Å². The first-order valence-electron chi connectivity index (χ1n) is 7.96. The molecule has 0 radical (unpaired) electrons. The molecule has 0 saturated carbocycles. The van der Waals surface area contributed by atoms with E-state index in [4.69, 9.17) is 26.2 Å². The highest BCUT2D eigenvalue weighted by atomic mass is 35.5. The quantitative estimate of drug-likeness (QED) is 0.761. The van der Waals surface area contributed by atoms with Gasteiger partial charge >= 0.3 is 5.97 Å². The van der Waals surface area contributed by atoms with E-state index in [0.29, 0.717) is 27.8 Å². The van der Waals surface area contributed by atoms with Crippen LogP contribution in [0.2, 0.25) is 5.02 Å². The molecule has 0 bridgehead atoms. The van der Waals surface area contributed by atoms with Crippen LogP contribution in [0.15, 0.2) is 36.4 Å². The summed E-state index contributed by atoms with van der Waals surface area (Å²) < 4.78 is 10.9. The summed E-state index contributed by atoms with van der Waals surface area (Å²) in [5, 5.41) is 12.4. The van der Waals surface area contributed by atoms with Gasteiger partial charge in [-0.25, -0.2) is 4.79 Å². The molecule has 2 aromatic carbocycles. The van der Waals surface area contributed by atoms with Crippen LogP contribution in [0.4, 0.5) is 5.69 Å². The number of hydrogen-bond donors (Lipinski definition) is 2. The smallest absolute Gasteiger partial charge is 0.335 e. The van der Waals surface area contributed by atoms with Gasteiger partial charge in [0.15, 0.2) is 0 Å². The van der Waals surface area contributed by atoms with Crippen LogP contribution in [-0.4, -0.2) is 30.2 Å². The van der Waals surface area contributed by atoms with Crippen molar-refractivity contribution in [2.75, 3.05) is 12.4 Å². The fourth-order valence-corrected chi connectivity index (χ4v) is 2.56. The van der Waals surface area contributed by atoms with Crippen molar-refractivity contribution >= 4 is 29.2 Å². The zero-order valence-electron chi connectivity index (χ0n) is 14.7. The van der Waals surface area contributed by atoms with Gasteiger partial charge in [0.25, 0.3) is 0 Å². The molecule has 7 heteroatoms. The number of carboxylic acid groups (broad SMARTS) is 1. The number of methoxy groups -OCH3 is 1. The van der Waals surface area contributed by atoms with Crippen LogP contribution in [-0.2, 0) is 11.2 Å². The Kier molecular flexibility index (Phi) is 6.46. The molecule has 0 fully saturated rings. The molecule has 0 aliphatic carbocycles. The lowest BCUT2D eigenvalue weighted by Crippen LogP contribution is -2.17. The Bertz CT molecular complexity index is 820. The maximum absolute atomic E-state index is 12.5. The molecule has 6 nitrogen and oxygen atoms in total. The molecule has 0 spiro atoms. The Morgan fingerprint density at radius 3 is 2.46 bits per heavy atom. The van der Waals surface area contributed by atoms with Crippen molar-refractivity contribution in [3.8, 4) is 11.5 Å². The van der Waals surface area contributed by atoms with Gasteiger partial charge in [-0.1, -0.05) is 11.6 Å². The largest absolute Gasteiger partial charge is 0.496 e. The van der Waals surface area contributed by atoms with Crippen LogP contribution in [0.1, 0.15) is 29.8 Å². The van der Waals surface area contributed by atoms with Crippen LogP contribution in [0.25, 0.3) is 0 Å². The van der Waals surface area contributed by atoms with Crippen molar-refractivity contribution in [3.63, 3.8) is 0 Å². The van der Waals surface area contributed by atoms with Crippen molar-refractivity contribution in [2.45, 2.75) is 26.4 Å². The van der Waals surface area contributed by atoms with Crippen molar-refractivity contribution in [2.24, 2.45) is 0 Å². The van der Waals surface area contributed by atoms with Gasteiger partial charge in [-0.2, -0.15) is 0 Å². The number of nitrogens with one attached hydrogen (secondary N) is 1. The number of aromatic carboxylic acids is 1. The highest BCUT2D eigenvalue weighted by molar-refractivity contribution is 6.30. The molecule has 1 amide bonds. The average molecular weight is 378 g/mol. The third-order valence-electron chi connectivity index (χ3n) is 3.46.